The minimum Gasteiger partial charge on any atom is -0.326 e. The number of benzene rings is 2. The lowest BCUT2D eigenvalue weighted by molar-refractivity contribution is -0.116. The number of aryl methyl sites for hydroxylation is 6. The first-order chi connectivity index (χ1) is 15.7. The Bertz CT molecular complexity index is 1430. The molecule has 170 valence electrons. The molecule has 0 saturated heterocycles. The smallest absolute Gasteiger partial charge is 0.255 e. The van der Waals surface area contributed by atoms with E-state index in [2.05, 4.69) is 5.32 Å². The fraction of sp³-hybridized carbons (Fsp3) is 0.296. The van der Waals surface area contributed by atoms with Crippen molar-refractivity contribution in [2.45, 2.75) is 47.5 Å². The number of aromatic nitrogens is 3. The molecule has 33 heavy (non-hydrogen) atoms. The van der Waals surface area contributed by atoms with Gasteiger partial charge in [0.1, 0.15) is 5.65 Å². The van der Waals surface area contributed by atoms with E-state index in [1.807, 2.05) is 81.8 Å². The van der Waals surface area contributed by atoms with E-state index < -0.39 is 0 Å². The first-order valence-electron chi connectivity index (χ1n) is 11.2. The van der Waals surface area contributed by atoms with Crippen molar-refractivity contribution in [3.63, 3.8) is 0 Å². The SMILES string of the molecule is Cc1ccc(-n2nc(C)c3c(C)c(CCC(=O)Nc4ccc(C)c(C)c4)c(=O)n(C)c32)cc1. The zero-order valence-corrected chi connectivity index (χ0v) is 20.1. The van der Waals surface area contributed by atoms with Gasteiger partial charge in [0.2, 0.25) is 5.91 Å². The lowest BCUT2D eigenvalue weighted by Gasteiger charge is -2.13. The quantitative estimate of drug-likeness (QED) is 0.481. The summed E-state index contributed by atoms with van der Waals surface area (Å²) in [6.07, 6.45) is 0.611. The van der Waals surface area contributed by atoms with Crippen molar-refractivity contribution in [1.29, 1.82) is 0 Å². The van der Waals surface area contributed by atoms with Crippen molar-refractivity contribution in [2.24, 2.45) is 7.05 Å². The third-order valence-corrected chi connectivity index (χ3v) is 6.42. The van der Waals surface area contributed by atoms with Crippen LogP contribution in [0.1, 0.15) is 39.9 Å². The Morgan fingerprint density at radius 1 is 0.970 bits per heavy atom. The number of nitrogens with one attached hydrogen (secondary N) is 1. The molecule has 0 aliphatic carbocycles. The summed E-state index contributed by atoms with van der Waals surface area (Å²) in [5.74, 6) is -0.105. The van der Waals surface area contributed by atoms with E-state index >= 15 is 0 Å². The molecular weight excluding hydrogens is 412 g/mol. The maximum absolute atomic E-state index is 13.3. The molecule has 0 aliphatic heterocycles. The van der Waals surface area contributed by atoms with Crippen LogP contribution < -0.4 is 10.9 Å². The van der Waals surface area contributed by atoms with Gasteiger partial charge in [-0.25, -0.2) is 4.68 Å². The van der Waals surface area contributed by atoms with Crippen molar-refractivity contribution < 1.29 is 4.79 Å². The monoisotopic (exact) mass is 442 g/mol. The van der Waals surface area contributed by atoms with Gasteiger partial charge in [0, 0.05) is 30.1 Å². The molecule has 2 heterocycles. The molecule has 0 atom stereocenters. The largest absolute Gasteiger partial charge is 0.326 e. The predicted octanol–water partition coefficient (Wildman–Crippen LogP) is 4.84. The van der Waals surface area contributed by atoms with Crippen molar-refractivity contribution in [3.8, 4) is 5.69 Å². The van der Waals surface area contributed by atoms with Crippen molar-refractivity contribution >= 4 is 22.6 Å². The number of nitrogens with zero attached hydrogens (tertiary/aromatic N) is 3. The Kier molecular flexibility index (Phi) is 5.93. The van der Waals surface area contributed by atoms with Crippen LogP contribution in [0.5, 0.6) is 0 Å². The zero-order chi connectivity index (χ0) is 23.9. The van der Waals surface area contributed by atoms with E-state index in [0.717, 1.165) is 39.2 Å². The lowest BCUT2D eigenvalue weighted by atomic mass is 10.0. The van der Waals surface area contributed by atoms with E-state index in [4.69, 9.17) is 5.10 Å². The molecule has 2 aromatic heterocycles. The number of pyridine rings is 1. The van der Waals surface area contributed by atoms with Crippen LogP contribution in [0.25, 0.3) is 16.7 Å². The number of anilines is 1. The van der Waals surface area contributed by atoms with Crippen LogP contribution in [0.3, 0.4) is 0 Å². The summed E-state index contributed by atoms with van der Waals surface area (Å²) in [7, 11) is 1.77. The number of hydrogen-bond acceptors (Lipinski definition) is 3. The Morgan fingerprint density at radius 2 is 1.67 bits per heavy atom. The minimum absolute atomic E-state index is 0.0905. The molecule has 1 amide bonds. The van der Waals surface area contributed by atoms with E-state index in [1.54, 1.807) is 11.6 Å². The Labute approximate surface area is 193 Å². The summed E-state index contributed by atoms with van der Waals surface area (Å²) in [6.45, 7) is 10.0. The molecule has 0 spiro atoms. The second kappa shape index (κ2) is 8.70. The first-order valence-corrected chi connectivity index (χ1v) is 11.2. The molecule has 4 rings (SSSR count). The molecule has 2 aromatic carbocycles. The van der Waals surface area contributed by atoms with Crippen molar-refractivity contribution in [2.75, 3.05) is 5.32 Å². The summed E-state index contributed by atoms with van der Waals surface area (Å²) in [5.41, 5.74) is 8.25. The third kappa shape index (κ3) is 4.21. The van der Waals surface area contributed by atoms with Crippen LogP contribution in [0.2, 0.25) is 0 Å². The van der Waals surface area contributed by atoms with Gasteiger partial charge in [-0.05, 0) is 82.0 Å². The zero-order valence-electron chi connectivity index (χ0n) is 20.1. The molecule has 6 heteroatoms. The molecule has 0 fully saturated rings. The van der Waals surface area contributed by atoms with Gasteiger partial charge in [-0.2, -0.15) is 5.10 Å². The van der Waals surface area contributed by atoms with Crippen LogP contribution in [0.15, 0.2) is 47.3 Å². The van der Waals surface area contributed by atoms with Gasteiger partial charge in [0.05, 0.1) is 11.4 Å². The average Bonchev–Trinajstić information content (AvgIpc) is 3.12. The molecule has 0 unspecified atom stereocenters. The standard InChI is InChI=1S/C27H30N4O2/c1-16-7-11-22(12-8-16)31-26-25(20(5)29-31)19(4)23(27(33)30(26)6)13-14-24(32)28-21-10-9-17(2)18(3)15-21/h7-12,15H,13-14H2,1-6H3,(H,28,32). The highest BCUT2D eigenvalue weighted by atomic mass is 16.1. The highest BCUT2D eigenvalue weighted by Crippen LogP contribution is 2.26. The number of hydrogen-bond donors (Lipinski definition) is 1. The molecule has 6 nitrogen and oxygen atoms in total. The van der Waals surface area contributed by atoms with Crippen LogP contribution in [0, 0.1) is 34.6 Å². The Morgan fingerprint density at radius 3 is 2.33 bits per heavy atom. The maximum Gasteiger partial charge on any atom is 0.255 e. The van der Waals surface area contributed by atoms with E-state index in [-0.39, 0.29) is 17.9 Å². The van der Waals surface area contributed by atoms with Crippen LogP contribution >= 0.6 is 0 Å². The lowest BCUT2D eigenvalue weighted by Crippen LogP contribution is -2.25. The number of fused-ring (bicyclic) bond motifs is 1. The fourth-order valence-corrected chi connectivity index (χ4v) is 4.32. The van der Waals surface area contributed by atoms with Gasteiger partial charge < -0.3 is 5.32 Å². The van der Waals surface area contributed by atoms with Crippen molar-refractivity contribution in [1.82, 2.24) is 14.3 Å². The average molecular weight is 443 g/mol. The molecule has 0 saturated carbocycles. The van der Waals surface area contributed by atoms with Crippen LogP contribution in [0.4, 0.5) is 5.69 Å². The molecule has 0 bridgehead atoms. The van der Waals surface area contributed by atoms with Crippen molar-refractivity contribution in [3.05, 3.63) is 86.3 Å². The summed E-state index contributed by atoms with van der Waals surface area (Å²) in [4.78, 5) is 25.9. The van der Waals surface area contributed by atoms with Gasteiger partial charge in [-0.1, -0.05) is 23.8 Å². The van der Waals surface area contributed by atoms with E-state index in [0.29, 0.717) is 12.0 Å². The van der Waals surface area contributed by atoms with Gasteiger partial charge >= 0.3 is 0 Å². The van der Waals surface area contributed by atoms with Crippen LogP contribution in [-0.4, -0.2) is 20.3 Å². The van der Waals surface area contributed by atoms with Gasteiger partial charge in [-0.15, -0.1) is 0 Å². The molecule has 0 aliphatic rings. The maximum atomic E-state index is 13.3. The summed E-state index contributed by atoms with van der Waals surface area (Å²) in [6, 6.07) is 13.9. The molecule has 4 aromatic rings. The van der Waals surface area contributed by atoms with E-state index in [9.17, 15) is 9.59 Å². The van der Waals surface area contributed by atoms with Gasteiger partial charge in [0.25, 0.3) is 5.56 Å². The highest BCUT2D eigenvalue weighted by molar-refractivity contribution is 5.91. The fourth-order valence-electron chi connectivity index (χ4n) is 4.32. The summed E-state index contributed by atoms with van der Waals surface area (Å²) >= 11 is 0. The van der Waals surface area contributed by atoms with Gasteiger partial charge in [0.15, 0.2) is 0 Å². The normalized spacial score (nSPS) is 11.2. The second-order valence-corrected chi connectivity index (χ2v) is 8.85. The second-order valence-electron chi connectivity index (χ2n) is 8.85. The Hall–Kier alpha value is -3.67. The van der Waals surface area contributed by atoms with Gasteiger partial charge in [-0.3, -0.25) is 14.2 Å². The number of carbonyl (C=O) groups excluding carboxylic acids is 1. The topological polar surface area (TPSA) is 68.9 Å². The predicted molar refractivity (Wildman–Crippen MR) is 133 cm³/mol. The molecule has 0 radical (unpaired) electrons. The minimum atomic E-state index is -0.105. The molecular formula is C27H30N4O2. The van der Waals surface area contributed by atoms with Crippen LogP contribution in [-0.2, 0) is 18.3 Å². The third-order valence-electron chi connectivity index (χ3n) is 6.42. The summed E-state index contributed by atoms with van der Waals surface area (Å²) in [5, 5.41) is 8.65. The summed E-state index contributed by atoms with van der Waals surface area (Å²) < 4.78 is 3.48. The number of carbonyl (C=O) groups is 1. The number of rotatable bonds is 5. The number of amides is 1. The van der Waals surface area contributed by atoms with E-state index in [1.165, 1.54) is 11.1 Å². The molecule has 1 N–H and O–H groups in total. The highest BCUT2D eigenvalue weighted by Gasteiger charge is 2.20. The Balaban J connectivity index is 1.65. The first kappa shape index (κ1) is 22.5.